The fourth-order valence-electron chi connectivity index (χ4n) is 3.06. The van der Waals surface area contributed by atoms with Crippen molar-refractivity contribution in [2.45, 2.75) is 58.5 Å². The lowest BCUT2D eigenvalue weighted by Crippen LogP contribution is -2.34. The van der Waals surface area contributed by atoms with Crippen LogP contribution in [-0.2, 0) is 6.54 Å². The minimum absolute atomic E-state index is 0.735. The summed E-state index contributed by atoms with van der Waals surface area (Å²) in [6, 6.07) is 5.17. The van der Waals surface area contributed by atoms with Crippen molar-refractivity contribution in [3.05, 3.63) is 24.0 Å². The SMILES string of the molecule is CNCc1cc(N(CCC(C)C)C2CCCC2)ccn1. The van der Waals surface area contributed by atoms with E-state index >= 15 is 0 Å². The molecule has 3 nitrogen and oxygen atoms in total. The number of nitrogens with zero attached hydrogens (tertiary/aromatic N) is 2. The van der Waals surface area contributed by atoms with Crippen molar-refractivity contribution < 1.29 is 0 Å². The molecule has 1 aliphatic carbocycles. The summed E-state index contributed by atoms with van der Waals surface area (Å²) in [7, 11) is 1.97. The highest BCUT2D eigenvalue weighted by Gasteiger charge is 2.23. The van der Waals surface area contributed by atoms with E-state index in [0.29, 0.717) is 0 Å². The Kier molecular flexibility index (Phi) is 5.84. The van der Waals surface area contributed by atoms with Crippen LogP contribution in [0.25, 0.3) is 0 Å². The van der Waals surface area contributed by atoms with Crippen LogP contribution in [0.4, 0.5) is 5.69 Å². The Balaban J connectivity index is 2.13. The van der Waals surface area contributed by atoms with E-state index in [1.54, 1.807) is 0 Å². The van der Waals surface area contributed by atoms with E-state index in [1.165, 1.54) is 44.3 Å². The van der Waals surface area contributed by atoms with Crippen LogP contribution in [0.15, 0.2) is 18.3 Å². The zero-order valence-corrected chi connectivity index (χ0v) is 13.2. The molecule has 2 rings (SSSR count). The van der Waals surface area contributed by atoms with Gasteiger partial charge in [0, 0.05) is 31.0 Å². The molecular formula is C17H29N3. The standard InChI is InChI=1S/C17H29N3/c1-14(2)9-11-20(16-6-4-5-7-16)17-8-10-19-15(12-17)13-18-3/h8,10,12,14,16,18H,4-7,9,11,13H2,1-3H3. The predicted octanol–water partition coefficient (Wildman–Crippen LogP) is 3.60. The van der Waals surface area contributed by atoms with E-state index in [1.807, 2.05) is 13.2 Å². The smallest absolute Gasteiger partial charge is 0.0562 e. The summed E-state index contributed by atoms with van der Waals surface area (Å²) < 4.78 is 0. The van der Waals surface area contributed by atoms with Gasteiger partial charge in [0.25, 0.3) is 0 Å². The molecule has 0 aliphatic heterocycles. The fraction of sp³-hybridized carbons (Fsp3) is 0.706. The minimum atomic E-state index is 0.735. The summed E-state index contributed by atoms with van der Waals surface area (Å²) in [5, 5.41) is 3.19. The molecule has 1 N–H and O–H groups in total. The van der Waals surface area contributed by atoms with Gasteiger partial charge in [0.05, 0.1) is 5.69 Å². The largest absolute Gasteiger partial charge is 0.368 e. The third kappa shape index (κ3) is 4.20. The first-order chi connectivity index (χ1) is 9.70. The quantitative estimate of drug-likeness (QED) is 0.824. The second kappa shape index (κ2) is 7.63. The number of anilines is 1. The van der Waals surface area contributed by atoms with Crippen LogP contribution in [0, 0.1) is 5.92 Å². The van der Waals surface area contributed by atoms with Crippen molar-refractivity contribution in [3.8, 4) is 0 Å². The van der Waals surface area contributed by atoms with Gasteiger partial charge in [0.2, 0.25) is 0 Å². The van der Waals surface area contributed by atoms with Gasteiger partial charge in [-0.05, 0) is 44.4 Å². The van der Waals surface area contributed by atoms with Crippen LogP contribution in [0.1, 0.15) is 51.6 Å². The van der Waals surface area contributed by atoms with Gasteiger partial charge in [-0.3, -0.25) is 4.98 Å². The van der Waals surface area contributed by atoms with Crippen LogP contribution < -0.4 is 10.2 Å². The second-order valence-electron chi connectivity index (χ2n) is 6.35. The topological polar surface area (TPSA) is 28.2 Å². The summed E-state index contributed by atoms with van der Waals surface area (Å²) in [5.41, 5.74) is 2.50. The second-order valence-corrected chi connectivity index (χ2v) is 6.35. The number of pyridine rings is 1. The first-order valence-corrected chi connectivity index (χ1v) is 8.07. The first-order valence-electron chi connectivity index (χ1n) is 8.07. The molecule has 1 aromatic heterocycles. The molecule has 1 fully saturated rings. The minimum Gasteiger partial charge on any atom is -0.368 e. The molecule has 0 unspecified atom stereocenters. The molecule has 20 heavy (non-hydrogen) atoms. The summed E-state index contributed by atoms with van der Waals surface area (Å²) in [6.45, 7) is 6.64. The zero-order chi connectivity index (χ0) is 14.4. The Morgan fingerprint density at radius 1 is 1.35 bits per heavy atom. The summed E-state index contributed by atoms with van der Waals surface area (Å²) in [5.74, 6) is 0.762. The molecule has 1 aliphatic rings. The first kappa shape index (κ1) is 15.3. The maximum Gasteiger partial charge on any atom is 0.0562 e. The summed E-state index contributed by atoms with van der Waals surface area (Å²) in [4.78, 5) is 7.08. The lowest BCUT2D eigenvalue weighted by atomic mass is 10.1. The van der Waals surface area contributed by atoms with Crippen LogP contribution in [-0.4, -0.2) is 24.6 Å². The number of hydrogen-bond donors (Lipinski definition) is 1. The molecule has 112 valence electrons. The van der Waals surface area contributed by atoms with Crippen molar-refractivity contribution >= 4 is 5.69 Å². The van der Waals surface area contributed by atoms with Gasteiger partial charge < -0.3 is 10.2 Å². The maximum absolute atomic E-state index is 4.44. The van der Waals surface area contributed by atoms with Gasteiger partial charge in [-0.15, -0.1) is 0 Å². The van der Waals surface area contributed by atoms with Crippen molar-refractivity contribution in [1.29, 1.82) is 0 Å². The van der Waals surface area contributed by atoms with Gasteiger partial charge in [0.15, 0.2) is 0 Å². The molecule has 3 heteroatoms. The van der Waals surface area contributed by atoms with Crippen molar-refractivity contribution in [2.75, 3.05) is 18.5 Å². The Morgan fingerprint density at radius 3 is 2.75 bits per heavy atom. The Bertz CT molecular complexity index is 397. The molecule has 1 saturated carbocycles. The van der Waals surface area contributed by atoms with E-state index in [9.17, 15) is 0 Å². The average Bonchev–Trinajstić information content (AvgIpc) is 2.93. The third-order valence-electron chi connectivity index (χ3n) is 4.20. The van der Waals surface area contributed by atoms with Crippen LogP contribution in [0.3, 0.4) is 0 Å². The predicted molar refractivity (Wildman–Crippen MR) is 86.1 cm³/mol. The van der Waals surface area contributed by atoms with Gasteiger partial charge in [-0.25, -0.2) is 0 Å². The highest BCUT2D eigenvalue weighted by atomic mass is 15.2. The van der Waals surface area contributed by atoms with E-state index in [2.05, 4.69) is 41.2 Å². The van der Waals surface area contributed by atoms with Crippen LogP contribution >= 0.6 is 0 Å². The molecule has 0 amide bonds. The zero-order valence-electron chi connectivity index (χ0n) is 13.2. The molecule has 0 bridgehead atoms. The summed E-state index contributed by atoms with van der Waals surface area (Å²) >= 11 is 0. The van der Waals surface area contributed by atoms with Crippen molar-refractivity contribution in [1.82, 2.24) is 10.3 Å². The molecular weight excluding hydrogens is 246 g/mol. The number of nitrogens with one attached hydrogen (secondary N) is 1. The van der Waals surface area contributed by atoms with Crippen molar-refractivity contribution in [2.24, 2.45) is 5.92 Å². The third-order valence-corrected chi connectivity index (χ3v) is 4.20. The summed E-state index contributed by atoms with van der Waals surface area (Å²) in [6.07, 6.45) is 8.69. The molecule has 0 saturated heterocycles. The fourth-order valence-corrected chi connectivity index (χ4v) is 3.06. The van der Waals surface area contributed by atoms with Crippen LogP contribution in [0.5, 0.6) is 0 Å². The molecule has 0 spiro atoms. The number of aromatic nitrogens is 1. The Hall–Kier alpha value is -1.09. The maximum atomic E-state index is 4.44. The van der Waals surface area contributed by atoms with E-state index in [4.69, 9.17) is 0 Å². The highest BCUT2D eigenvalue weighted by molar-refractivity contribution is 5.47. The lowest BCUT2D eigenvalue weighted by Gasteiger charge is -2.32. The van der Waals surface area contributed by atoms with Gasteiger partial charge in [0.1, 0.15) is 0 Å². The molecule has 0 atom stereocenters. The normalized spacial score (nSPS) is 16.0. The van der Waals surface area contributed by atoms with Crippen molar-refractivity contribution in [3.63, 3.8) is 0 Å². The molecule has 1 heterocycles. The van der Waals surface area contributed by atoms with E-state index < -0.39 is 0 Å². The van der Waals surface area contributed by atoms with E-state index in [-0.39, 0.29) is 0 Å². The number of rotatable bonds is 7. The molecule has 0 aromatic carbocycles. The highest BCUT2D eigenvalue weighted by Crippen LogP contribution is 2.29. The lowest BCUT2D eigenvalue weighted by molar-refractivity contribution is 0.528. The molecule has 1 aromatic rings. The average molecular weight is 275 g/mol. The monoisotopic (exact) mass is 275 g/mol. The van der Waals surface area contributed by atoms with Crippen LogP contribution in [0.2, 0.25) is 0 Å². The van der Waals surface area contributed by atoms with Gasteiger partial charge >= 0.3 is 0 Å². The molecule has 0 radical (unpaired) electrons. The van der Waals surface area contributed by atoms with Gasteiger partial charge in [-0.1, -0.05) is 26.7 Å². The van der Waals surface area contributed by atoms with Gasteiger partial charge in [-0.2, -0.15) is 0 Å². The van der Waals surface area contributed by atoms with E-state index in [0.717, 1.165) is 24.2 Å². The number of hydrogen-bond acceptors (Lipinski definition) is 3. The Labute approximate surface area is 123 Å². The Morgan fingerprint density at radius 2 is 2.10 bits per heavy atom.